The molecular weight excluding hydrogens is 234 g/mol. The van der Waals surface area contributed by atoms with Gasteiger partial charge in [-0.25, -0.2) is 0 Å². The van der Waals surface area contributed by atoms with E-state index in [0.29, 0.717) is 18.6 Å². The minimum absolute atomic E-state index is 0.476. The minimum Gasteiger partial charge on any atom is -0.489 e. The molecule has 0 fully saturated rings. The predicted octanol–water partition coefficient (Wildman–Crippen LogP) is 4.05. The highest BCUT2D eigenvalue weighted by molar-refractivity contribution is 5.36. The molecule has 19 heavy (non-hydrogen) atoms. The van der Waals surface area contributed by atoms with E-state index in [4.69, 9.17) is 4.74 Å². The van der Waals surface area contributed by atoms with Crippen molar-refractivity contribution in [3.63, 3.8) is 0 Å². The summed E-state index contributed by atoms with van der Waals surface area (Å²) in [5, 5.41) is 3.34. The van der Waals surface area contributed by atoms with Crippen molar-refractivity contribution in [2.45, 2.75) is 46.6 Å². The Bertz CT molecular complexity index is 421. The number of benzene rings is 1. The molecule has 2 heteroatoms. The van der Waals surface area contributed by atoms with Crippen molar-refractivity contribution in [3.05, 3.63) is 41.5 Å². The third-order valence-corrected chi connectivity index (χ3v) is 3.07. The van der Waals surface area contributed by atoms with E-state index >= 15 is 0 Å². The molecule has 1 aromatic rings. The molecule has 0 saturated heterocycles. The summed E-state index contributed by atoms with van der Waals surface area (Å²) in [6, 6.07) is 6.79. The van der Waals surface area contributed by atoms with Gasteiger partial charge in [0.2, 0.25) is 0 Å². The molecule has 0 aromatic heterocycles. The maximum absolute atomic E-state index is 5.78. The van der Waals surface area contributed by atoms with Gasteiger partial charge in [0.25, 0.3) is 0 Å². The van der Waals surface area contributed by atoms with Crippen LogP contribution in [0.5, 0.6) is 5.75 Å². The first-order valence-electron chi connectivity index (χ1n) is 7.03. The summed E-state index contributed by atoms with van der Waals surface area (Å²) < 4.78 is 5.78. The number of ether oxygens (including phenoxy) is 1. The topological polar surface area (TPSA) is 21.3 Å². The average Bonchev–Trinajstić information content (AvgIpc) is 2.33. The van der Waals surface area contributed by atoms with Crippen molar-refractivity contribution in [3.8, 4) is 5.75 Å². The molecular formula is C17H27NO. The van der Waals surface area contributed by atoms with Gasteiger partial charge < -0.3 is 10.1 Å². The maximum Gasteiger partial charge on any atom is 0.120 e. The van der Waals surface area contributed by atoms with Crippen molar-refractivity contribution >= 4 is 0 Å². The lowest BCUT2D eigenvalue weighted by molar-refractivity contribution is 0.347. The molecule has 0 amide bonds. The lowest BCUT2D eigenvalue weighted by Gasteiger charge is -2.14. The van der Waals surface area contributed by atoms with Crippen LogP contribution in [-0.2, 0) is 0 Å². The molecule has 0 spiro atoms. The van der Waals surface area contributed by atoms with Crippen molar-refractivity contribution in [1.82, 2.24) is 5.32 Å². The standard InChI is InChI=1S/C17H27NO/c1-12(2)17-8-7-16(9-15(17)6)19-11-14(5)10-18-13(3)4/h7-9,12-13,18H,5,10-11H2,1-4,6H3. The monoisotopic (exact) mass is 261 g/mol. The first-order valence-corrected chi connectivity index (χ1v) is 7.03. The second kappa shape index (κ2) is 7.34. The van der Waals surface area contributed by atoms with E-state index in [-0.39, 0.29) is 0 Å². The molecule has 0 heterocycles. The molecule has 0 bridgehead atoms. The van der Waals surface area contributed by atoms with Crippen LogP contribution in [0.3, 0.4) is 0 Å². The Morgan fingerprint density at radius 3 is 2.47 bits per heavy atom. The quantitative estimate of drug-likeness (QED) is 0.748. The Hall–Kier alpha value is -1.28. The van der Waals surface area contributed by atoms with Gasteiger partial charge in [-0.2, -0.15) is 0 Å². The normalized spacial score (nSPS) is 11.1. The van der Waals surface area contributed by atoms with E-state index in [0.717, 1.165) is 17.9 Å². The van der Waals surface area contributed by atoms with E-state index in [1.165, 1.54) is 11.1 Å². The van der Waals surface area contributed by atoms with Crippen LogP contribution in [-0.4, -0.2) is 19.2 Å². The van der Waals surface area contributed by atoms with Gasteiger partial charge in [0.05, 0.1) is 0 Å². The highest BCUT2D eigenvalue weighted by Crippen LogP contribution is 2.23. The Morgan fingerprint density at radius 2 is 1.95 bits per heavy atom. The zero-order chi connectivity index (χ0) is 14.4. The lowest BCUT2D eigenvalue weighted by atomic mass is 9.98. The molecule has 0 unspecified atom stereocenters. The van der Waals surface area contributed by atoms with Gasteiger partial charge in [-0.15, -0.1) is 0 Å². The van der Waals surface area contributed by atoms with Gasteiger partial charge in [0.1, 0.15) is 12.4 Å². The van der Waals surface area contributed by atoms with Crippen molar-refractivity contribution in [2.24, 2.45) is 0 Å². The molecule has 1 rings (SSSR count). The van der Waals surface area contributed by atoms with Crippen LogP contribution in [0.1, 0.15) is 44.7 Å². The van der Waals surface area contributed by atoms with Gasteiger partial charge in [0.15, 0.2) is 0 Å². The largest absolute Gasteiger partial charge is 0.489 e. The summed E-state index contributed by atoms with van der Waals surface area (Å²) in [6.07, 6.45) is 0. The molecule has 0 radical (unpaired) electrons. The second-order valence-electron chi connectivity index (χ2n) is 5.75. The first-order chi connectivity index (χ1) is 8.90. The molecule has 0 aliphatic heterocycles. The molecule has 1 aromatic carbocycles. The van der Waals surface area contributed by atoms with E-state index < -0.39 is 0 Å². The Labute approximate surface area is 117 Å². The molecule has 0 aliphatic rings. The van der Waals surface area contributed by atoms with Crippen molar-refractivity contribution in [1.29, 1.82) is 0 Å². The zero-order valence-corrected chi connectivity index (χ0v) is 12.9. The summed E-state index contributed by atoms with van der Waals surface area (Å²) in [7, 11) is 0. The molecule has 106 valence electrons. The predicted molar refractivity (Wildman–Crippen MR) is 83.0 cm³/mol. The van der Waals surface area contributed by atoms with Gasteiger partial charge >= 0.3 is 0 Å². The van der Waals surface area contributed by atoms with Crippen molar-refractivity contribution < 1.29 is 4.74 Å². The SMILES string of the molecule is C=C(CNC(C)C)COc1ccc(C(C)C)c(C)c1. The third kappa shape index (κ3) is 5.48. The molecule has 0 atom stereocenters. The fourth-order valence-corrected chi connectivity index (χ4v) is 1.97. The van der Waals surface area contributed by atoms with Crippen LogP contribution in [0.15, 0.2) is 30.4 Å². The van der Waals surface area contributed by atoms with Crippen LogP contribution in [0.25, 0.3) is 0 Å². The molecule has 2 nitrogen and oxygen atoms in total. The Kier molecular flexibility index (Phi) is 6.10. The highest BCUT2D eigenvalue weighted by atomic mass is 16.5. The van der Waals surface area contributed by atoms with E-state index in [9.17, 15) is 0 Å². The lowest BCUT2D eigenvalue weighted by Crippen LogP contribution is -2.26. The summed E-state index contributed by atoms with van der Waals surface area (Å²) in [5.74, 6) is 1.48. The van der Waals surface area contributed by atoms with Crippen LogP contribution < -0.4 is 10.1 Å². The molecule has 0 aliphatic carbocycles. The van der Waals surface area contributed by atoms with Crippen LogP contribution in [0, 0.1) is 6.92 Å². The number of hydrogen-bond donors (Lipinski definition) is 1. The zero-order valence-electron chi connectivity index (χ0n) is 12.9. The van der Waals surface area contributed by atoms with Gasteiger partial charge in [-0.3, -0.25) is 0 Å². The van der Waals surface area contributed by atoms with Gasteiger partial charge in [0, 0.05) is 12.6 Å². The smallest absolute Gasteiger partial charge is 0.120 e. The number of rotatable bonds is 7. The average molecular weight is 261 g/mol. The summed E-state index contributed by atoms with van der Waals surface area (Å²) in [6.45, 7) is 16.2. The summed E-state index contributed by atoms with van der Waals surface area (Å²) >= 11 is 0. The number of hydrogen-bond acceptors (Lipinski definition) is 2. The van der Waals surface area contributed by atoms with Gasteiger partial charge in [-0.05, 0) is 41.7 Å². The number of aryl methyl sites for hydroxylation is 1. The summed E-state index contributed by atoms with van der Waals surface area (Å²) in [4.78, 5) is 0. The number of nitrogens with one attached hydrogen (secondary N) is 1. The minimum atomic E-state index is 0.476. The molecule has 0 saturated carbocycles. The van der Waals surface area contributed by atoms with Crippen LogP contribution >= 0.6 is 0 Å². The fraction of sp³-hybridized carbons (Fsp3) is 0.529. The third-order valence-electron chi connectivity index (χ3n) is 3.07. The second-order valence-corrected chi connectivity index (χ2v) is 5.75. The highest BCUT2D eigenvalue weighted by Gasteiger charge is 2.05. The van der Waals surface area contributed by atoms with Crippen molar-refractivity contribution in [2.75, 3.05) is 13.2 Å². The summed E-state index contributed by atoms with van der Waals surface area (Å²) in [5.41, 5.74) is 3.74. The van der Waals surface area contributed by atoms with E-state index in [2.05, 4.69) is 58.6 Å². The maximum atomic E-state index is 5.78. The van der Waals surface area contributed by atoms with Crippen LogP contribution in [0.4, 0.5) is 0 Å². The first kappa shape index (κ1) is 15.8. The van der Waals surface area contributed by atoms with Gasteiger partial charge in [-0.1, -0.05) is 40.3 Å². The fourth-order valence-electron chi connectivity index (χ4n) is 1.97. The Balaban J connectivity index is 2.50. The van der Waals surface area contributed by atoms with Crippen LogP contribution in [0.2, 0.25) is 0 Å². The Morgan fingerprint density at radius 1 is 1.26 bits per heavy atom. The van der Waals surface area contributed by atoms with E-state index in [1.54, 1.807) is 0 Å². The molecule has 1 N–H and O–H groups in total. The van der Waals surface area contributed by atoms with E-state index in [1.807, 2.05) is 6.07 Å².